The van der Waals surface area contributed by atoms with E-state index < -0.39 is 0 Å². The molecule has 0 aliphatic heterocycles. The third-order valence-electron chi connectivity index (χ3n) is 3.08. The molecule has 0 atom stereocenters. The molecule has 21 heavy (non-hydrogen) atoms. The van der Waals surface area contributed by atoms with Crippen molar-refractivity contribution in [3.63, 3.8) is 0 Å². The second-order valence-corrected chi connectivity index (χ2v) is 6.17. The second kappa shape index (κ2) is 6.28. The van der Waals surface area contributed by atoms with Crippen molar-refractivity contribution in [3.8, 4) is 0 Å². The van der Waals surface area contributed by atoms with Gasteiger partial charge in [0.1, 0.15) is 5.65 Å². The zero-order chi connectivity index (χ0) is 14.7. The number of hydrogen-bond donors (Lipinski definition) is 1. The van der Waals surface area contributed by atoms with Gasteiger partial charge in [0.2, 0.25) is 5.91 Å². The maximum Gasteiger partial charge on any atom is 0.225 e. The van der Waals surface area contributed by atoms with Crippen LogP contribution in [0.25, 0.3) is 5.65 Å². The van der Waals surface area contributed by atoms with Crippen LogP contribution in [-0.4, -0.2) is 21.8 Å². The molecule has 3 heterocycles. The highest BCUT2D eigenvalue weighted by molar-refractivity contribution is 7.10. The molecule has 3 aromatic rings. The minimum absolute atomic E-state index is 0.0456. The highest BCUT2D eigenvalue weighted by atomic mass is 35.5. The summed E-state index contributed by atoms with van der Waals surface area (Å²) in [6, 6.07) is 7.61. The molecule has 3 rings (SSSR count). The highest BCUT2D eigenvalue weighted by Crippen LogP contribution is 2.12. The van der Waals surface area contributed by atoms with Crippen LogP contribution >= 0.6 is 22.9 Å². The van der Waals surface area contributed by atoms with Crippen molar-refractivity contribution in [1.29, 1.82) is 0 Å². The first-order chi connectivity index (χ1) is 10.2. The number of imidazole rings is 1. The van der Waals surface area contributed by atoms with Gasteiger partial charge >= 0.3 is 0 Å². The van der Waals surface area contributed by atoms with Gasteiger partial charge in [0.05, 0.1) is 17.1 Å². The Hall–Kier alpha value is -1.85. The highest BCUT2D eigenvalue weighted by Gasteiger charge is 2.05. The number of hydrogen-bond acceptors (Lipinski definition) is 3. The molecule has 0 fully saturated rings. The quantitative estimate of drug-likeness (QED) is 0.786. The van der Waals surface area contributed by atoms with E-state index >= 15 is 0 Å². The first kappa shape index (κ1) is 14.1. The number of carbonyl (C=O) groups excluding carboxylic acids is 1. The van der Waals surface area contributed by atoms with Gasteiger partial charge in [0.25, 0.3) is 0 Å². The van der Waals surface area contributed by atoms with E-state index in [1.54, 1.807) is 11.3 Å². The third kappa shape index (κ3) is 3.62. The molecule has 1 amide bonds. The van der Waals surface area contributed by atoms with E-state index in [1.165, 1.54) is 0 Å². The number of carbonyl (C=O) groups is 1. The van der Waals surface area contributed by atoms with Gasteiger partial charge in [0, 0.05) is 30.2 Å². The van der Waals surface area contributed by atoms with Crippen LogP contribution in [-0.2, 0) is 17.6 Å². The van der Waals surface area contributed by atoms with Crippen LogP contribution < -0.4 is 5.32 Å². The summed E-state index contributed by atoms with van der Waals surface area (Å²) in [7, 11) is 0. The Morgan fingerprint density at radius 1 is 1.33 bits per heavy atom. The molecule has 0 spiro atoms. The fourth-order valence-electron chi connectivity index (χ4n) is 2.10. The summed E-state index contributed by atoms with van der Waals surface area (Å²) in [5.74, 6) is 0.0456. The van der Waals surface area contributed by atoms with Gasteiger partial charge in [-0.05, 0) is 23.6 Å². The van der Waals surface area contributed by atoms with E-state index in [-0.39, 0.29) is 5.91 Å². The maximum absolute atomic E-state index is 11.8. The van der Waals surface area contributed by atoms with Gasteiger partial charge in [-0.15, -0.1) is 11.3 Å². The molecule has 1 N–H and O–H groups in total. The molecule has 108 valence electrons. The Bertz CT molecular complexity index is 751. The summed E-state index contributed by atoms with van der Waals surface area (Å²) >= 11 is 7.53. The van der Waals surface area contributed by atoms with Crippen molar-refractivity contribution in [2.75, 3.05) is 6.54 Å². The van der Waals surface area contributed by atoms with Gasteiger partial charge in [-0.25, -0.2) is 4.98 Å². The normalized spacial score (nSPS) is 10.9. The van der Waals surface area contributed by atoms with Crippen LogP contribution in [0, 0.1) is 0 Å². The number of nitrogens with zero attached hydrogens (tertiary/aromatic N) is 2. The summed E-state index contributed by atoms with van der Waals surface area (Å²) in [6.07, 6.45) is 4.91. The summed E-state index contributed by atoms with van der Waals surface area (Å²) in [6.45, 7) is 0.585. The predicted molar refractivity (Wildman–Crippen MR) is 84.9 cm³/mol. The van der Waals surface area contributed by atoms with Crippen molar-refractivity contribution in [2.24, 2.45) is 0 Å². The van der Waals surface area contributed by atoms with Crippen LogP contribution in [0.15, 0.2) is 42.0 Å². The van der Waals surface area contributed by atoms with Crippen molar-refractivity contribution in [2.45, 2.75) is 12.8 Å². The van der Waals surface area contributed by atoms with E-state index in [0.29, 0.717) is 24.4 Å². The molecular formula is C15H14ClN3OS. The molecule has 0 saturated heterocycles. The largest absolute Gasteiger partial charge is 0.355 e. The summed E-state index contributed by atoms with van der Waals surface area (Å²) < 4.78 is 1.89. The molecular weight excluding hydrogens is 306 g/mol. The van der Waals surface area contributed by atoms with Gasteiger partial charge in [0.15, 0.2) is 0 Å². The number of amides is 1. The molecule has 0 radical (unpaired) electrons. The maximum atomic E-state index is 11.8. The lowest BCUT2D eigenvalue weighted by Gasteiger charge is -2.02. The SMILES string of the molecule is O=C(Cc1cccs1)NCCc1cn2cc(Cl)ccc2n1. The number of thiophene rings is 1. The Morgan fingerprint density at radius 3 is 3.05 bits per heavy atom. The molecule has 0 unspecified atom stereocenters. The molecule has 0 aromatic carbocycles. The first-order valence-electron chi connectivity index (χ1n) is 6.63. The number of aromatic nitrogens is 2. The fraction of sp³-hybridized carbons (Fsp3) is 0.200. The van der Waals surface area contributed by atoms with E-state index in [9.17, 15) is 4.79 Å². The number of rotatable bonds is 5. The smallest absolute Gasteiger partial charge is 0.225 e. The lowest BCUT2D eigenvalue weighted by molar-refractivity contribution is -0.120. The summed E-state index contributed by atoms with van der Waals surface area (Å²) in [5.41, 5.74) is 1.80. The van der Waals surface area contributed by atoms with Crippen LogP contribution in [0.2, 0.25) is 5.02 Å². The molecule has 4 nitrogen and oxygen atoms in total. The Morgan fingerprint density at radius 2 is 2.24 bits per heavy atom. The molecule has 0 bridgehead atoms. The summed E-state index contributed by atoms with van der Waals surface area (Å²) in [5, 5.41) is 5.57. The Balaban J connectivity index is 1.53. The van der Waals surface area contributed by atoms with Crippen LogP contribution in [0.4, 0.5) is 0 Å². The lowest BCUT2D eigenvalue weighted by Crippen LogP contribution is -2.27. The molecule has 0 saturated carbocycles. The molecule has 6 heteroatoms. The van der Waals surface area contributed by atoms with Gasteiger partial charge in [-0.2, -0.15) is 0 Å². The average molecular weight is 320 g/mol. The van der Waals surface area contributed by atoms with Gasteiger partial charge in [-0.1, -0.05) is 17.7 Å². The zero-order valence-electron chi connectivity index (χ0n) is 11.3. The van der Waals surface area contributed by atoms with Crippen molar-refractivity contribution >= 4 is 34.5 Å². The first-order valence-corrected chi connectivity index (χ1v) is 7.89. The van der Waals surface area contributed by atoms with Crippen molar-refractivity contribution < 1.29 is 4.79 Å². The van der Waals surface area contributed by atoms with Crippen molar-refractivity contribution in [1.82, 2.24) is 14.7 Å². The fourth-order valence-corrected chi connectivity index (χ4v) is 2.97. The molecule has 3 aromatic heterocycles. The van der Waals surface area contributed by atoms with E-state index in [0.717, 1.165) is 16.2 Å². The average Bonchev–Trinajstić information content (AvgIpc) is 3.07. The van der Waals surface area contributed by atoms with Crippen LogP contribution in [0.1, 0.15) is 10.6 Å². The number of fused-ring (bicyclic) bond motifs is 1. The number of nitrogens with one attached hydrogen (secondary N) is 1. The third-order valence-corrected chi connectivity index (χ3v) is 4.18. The Kier molecular flexibility index (Phi) is 4.22. The molecule has 0 aliphatic rings. The standard InChI is InChI=1S/C15H14ClN3OS/c16-11-3-4-14-18-12(10-19(14)9-11)5-6-17-15(20)8-13-2-1-7-21-13/h1-4,7,9-10H,5-6,8H2,(H,17,20). The van der Waals surface area contributed by atoms with E-state index in [4.69, 9.17) is 11.6 Å². The van der Waals surface area contributed by atoms with Gasteiger partial charge in [-0.3, -0.25) is 4.79 Å². The minimum Gasteiger partial charge on any atom is -0.355 e. The van der Waals surface area contributed by atoms with Gasteiger partial charge < -0.3 is 9.72 Å². The topological polar surface area (TPSA) is 46.4 Å². The lowest BCUT2D eigenvalue weighted by atomic mass is 10.3. The van der Waals surface area contributed by atoms with E-state index in [1.807, 2.05) is 46.4 Å². The predicted octanol–water partition coefficient (Wildman–Crippen LogP) is 2.95. The minimum atomic E-state index is 0.0456. The summed E-state index contributed by atoms with van der Waals surface area (Å²) in [4.78, 5) is 17.3. The van der Waals surface area contributed by atoms with Crippen molar-refractivity contribution in [3.05, 3.63) is 57.6 Å². The van der Waals surface area contributed by atoms with Crippen LogP contribution in [0.3, 0.4) is 0 Å². The monoisotopic (exact) mass is 319 g/mol. The zero-order valence-corrected chi connectivity index (χ0v) is 12.8. The molecule has 0 aliphatic carbocycles. The Labute approximate surface area is 131 Å². The number of halogens is 1. The van der Waals surface area contributed by atoms with E-state index in [2.05, 4.69) is 10.3 Å². The number of pyridine rings is 1. The van der Waals surface area contributed by atoms with Crippen LogP contribution in [0.5, 0.6) is 0 Å². The second-order valence-electron chi connectivity index (χ2n) is 4.70.